The molecule has 1 aliphatic rings. The predicted octanol–water partition coefficient (Wildman–Crippen LogP) is 1.10. The minimum Gasteiger partial charge on any atom is -0.406 e. The molecule has 1 aromatic carbocycles. The van der Waals surface area contributed by atoms with E-state index < -0.39 is 0 Å². The molecule has 12 heavy (non-hydrogen) atoms. The molecule has 1 fully saturated rings. The first kappa shape index (κ1) is 7.98. The molecule has 1 aromatic rings. The van der Waals surface area contributed by atoms with Gasteiger partial charge in [0, 0.05) is 12.6 Å². The van der Waals surface area contributed by atoms with Crippen molar-refractivity contribution in [2.24, 2.45) is 0 Å². The molecule has 0 aliphatic carbocycles. The van der Waals surface area contributed by atoms with Crippen molar-refractivity contribution in [2.75, 3.05) is 13.3 Å². The Hall–Kier alpha value is -0.643. The first-order valence-corrected chi connectivity index (χ1v) is 4.40. The van der Waals surface area contributed by atoms with Crippen molar-refractivity contribution in [2.45, 2.75) is 6.04 Å². The van der Waals surface area contributed by atoms with Gasteiger partial charge in [0.15, 0.2) is 0 Å². The Morgan fingerprint density at radius 1 is 1.42 bits per heavy atom. The number of rotatable bonds is 3. The van der Waals surface area contributed by atoms with Crippen LogP contribution in [0.15, 0.2) is 30.3 Å². The smallest absolute Gasteiger partial charge is 0.248 e. The molecule has 0 saturated carbocycles. The minimum absolute atomic E-state index is 0.572. The molecule has 2 unspecified atom stereocenters. The summed E-state index contributed by atoms with van der Waals surface area (Å²) in [5.74, 6) is 0. The van der Waals surface area contributed by atoms with Crippen LogP contribution >= 0.6 is 0 Å². The van der Waals surface area contributed by atoms with Crippen LogP contribution in [0.5, 0.6) is 0 Å². The molecular weight excluding hydrogens is 166 g/mol. The lowest BCUT2D eigenvalue weighted by Gasteiger charge is -2.01. The largest absolute Gasteiger partial charge is 0.406 e. The first-order valence-electron chi connectivity index (χ1n) is 3.99. The topological polar surface area (TPSA) is 12.2 Å². The highest BCUT2D eigenvalue weighted by atomic mass is 28.2. The van der Waals surface area contributed by atoms with Crippen LogP contribution in [0.25, 0.3) is 0 Å². The van der Waals surface area contributed by atoms with Crippen molar-refractivity contribution < 1.29 is 4.43 Å². The molecule has 0 amide bonds. The maximum atomic E-state index is 4.85. The fourth-order valence-electron chi connectivity index (χ4n) is 1.39. The van der Waals surface area contributed by atoms with Crippen LogP contribution in [-0.4, -0.2) is 28.7 Å². The zero-order valence-corrected chi connectivity index (χ0v) is 7.73. The molecule has 2 nitrogen and oxygen atoms in total. The summed E-state index contributed by atoms with van der Waals surface area (Å²) in [6, 6.07) is 11.1. The molecule has 2 atom stereocenters. The summed E-state index contributed by atoms with van der Waals surface area (Å²) in [5, 5.41) is 0. The molecule has 3 radical (unpaired) electrons. The van der Waals surface area contributed by atoms with E-state index in [1.54, 1.807) is 0 Å². The van der Waals surface area contributed by atoms with Crippen LogP contribution in [0.2, 0.25) is 0 Å². The second kappa shape index (κ2) is 3.39. The number of hydrogen-bond donors (Lipinski definition) is 0. The van der Waals surface area contributed by atoms with Gasteiger partial charge in [-0.1, -0.05) is 30.3 Å². The van der Waals surface area contributed by atoms with Gasteiger partial charge < -0.3 is 4.43 Å². The molecule has 3 heteroatoms. The van der Waals surface area contributed by atoms with Crippen molar-refractivity contribution in [3.8, 4) is 0 Å². The van der Waals surface area contributed by atoms with Crippen molar-refractivity contribution in [1.29, 1.82) is 0 Å². The molecule has 1 saturated heterocycles. The van der Waals surface area contributed by atoms with Gasteiger partial charge in [-0.05, 0) is 5.56 Å². The maximum Gasteiger partial charge on any atom is 0.248 e. The van der Waals surface area contributed by atoms with Crippen LogP contribution in [-0.2, 0) is 4.43 Å². The Morgan fingerprint density at radius 2 is 2.17 bits per heavy atom. The molecule has 61 valence electrons. The molecule has 0 spiro atoms. The lowest BCUT2D eigenvalue weighted by Crippen LogP contribution is -2.02. The van der Waals surface area contributed by atoms with E-state index in [1.807, 2.05) is 6.07 Å². The van der Waals surface area contributed by atoms with E-state index >= 15 is 0 Å². The van der Waals surface area contributed by atoms with E-state index in [4.69, 9.17) is 4.43 Å². The van der Waals surface area contributed by atoms with Gasteiger partial charge in [0.2, 0.25) is 10.5 Å². The monoisotopic (exact) mass is 176 g/mol. The van der Waals surface area contributed by atoms with E-state index in [1.165, 1.54) is 5.56 Å². The van der Waals surface area contributed by atoms with Gasteiger partial charge in [0.05, 0.1) is 6.73 Å². The first-order chi connectivity index (χ1) is 5.92. The van der Waals surface area contributed by atoms with Crippen LogP contribution < -0.4 is 0 Å². The van der Waals surface area contributed by atoms with Crippen molar-refractivity contribution in [3.63, 3.8) is 0 Å². The molecule has 1 aliphatic heterocycles. The summed E-state index contributed by atoms with van der Waals surface area (Å²) in [7, 11) is 2.99. The summed E-state index contributed by atoms with van der Waals surface area (Å²) in [6.07, 6.45) is 0. The summed E-state index contributed by atoms with van der Waals surface area (Å²) >= 11 is 0. The molecular formula is C9H10NOSi. The zero-order valence-electron chi connectivity index (χ0n) is 6.73. The van der Waals surface area contributed by atoms with Gasteiger partial charge >= 0.3 is 0 Å². The van der Waals surface area contributed by atoms with Gasteiger partial charge in [-0.3, -0.25) is 4.90 Å². The third-order valence-corrected chi connectivity index (χ3v) is 2.26. The molecule has 0 N–H and O–H groups in total. The van der Waals surface area contributed by atoms with E-state index in [2.05, 4.69) is 39.7 Å². The normalized spacial score (nSPS) is 27.1. The number of benzene rings is 1. The Morgan fingerprint density at radius 3 is 2.83 bits per heavy atom. The Kier molecular flexibility index (Phi) is 2.25. The average molecular weight is 176 g/mol. The molecule has 0 bridgehead atoms. The minimum atomic E-state index is 0.572. The van der Waals surface area contributed by atoms with Gasteiger partial charge in [0.25, 0.3) is 0 Å². The Balaban J connectivity index is 1.97. The number of nitrogens with zero attached hydrogens (tertiary/aromatic N) is 1. The third kappa shape index (κ3) is 1.58. The highest BCUT2D eigenvalue weighted by Gasteiger charge is 2.34. The van der Waals surface area contributed by atoms with E-state index in [-0.39, 0.29) is 0 Å². The van der Waals surface area contributed by atoms with Crippen molar-refractivity contribution in [1.82, 2.24) is 4.90 Å². The standard InChI is InChI=1S/C9H10NOSi/c12-11-7-10-6-9(10)8-4-2-1-3-5-8/h1-5,9H,6-7H2. The van der Waals surface area contributed by atoms with Gasteiger partial charge in [-0.15, -0.1) is 0 Å². The Bertz CT molecular complexity index is 252. The van der Waals surface area contributed by atoms with Crippen LogP contribution in [0, 0.1) is 0 Å². The summed E-state index contributed by atoms with van der Waals surface area (Å²) in [6.45, 7) is 1.77. The molecule has 1 heterocycles. The summed E-state index contributed by atoms with van der Waals surface area (Å²) in [4.78, 5) is 2.24. The molecule has 2 rings (SSSR count). The van der Waals surface area contributed by atoms with Gasteiger partial charge in [0.1, 0.15) is 0 Å². The number of hydrogen-bond acceptors (Lipinski definition) is 2. The Labute approximate surface area is 75.7 Å². The van der Waals surface area contributed by atoms with Gasteiger partial charge in [-0.25, -0.2) is 0 Å². The van der Waals surface area contributed by atoms with Crippen LogP contribution in [0.1, 0.15) is 11.6 Å². The lowest BCUT2D eigenvalue weighted by molar-refractivity contribution is 0.236. The second-order valence-electron chi connectivity index (χ2n) is 2.97. The highest BCUT2D eigenvalue weighted by Crippen LogP contribution is 2.33. The lowest BCUT2D eigenvalue weighted by atomic mass is 10.2. The fraction of sp³-hybridized carbons (Fsp3) is 0.333. The van der Waals surface area contributed by atoms with Gasteiger partial charge in [-0.2, -0.15) is 0 Å². The average Bonchev–Trinajstić information content (AvgIpc) is 2.87. The van der Waals surface area contributed by atoms with Crippen molar-refractivity contribution in [3.05, 3.63) is 35.9 Å². The maximum absolute atomic E-state index is 4.85. The summed E-state index contributed by atoms with van der Waals surface area (Å²) < 4.78 is 4.85. The van der Waals surface area contributed by atoms with E-state index in [0.29, 0.717) is 12.8 Å². The highest BCUT2D eigenvalue weighted by molar-refractivity contribution is 5.97. The third-order valence-electron chi connectivity index (χ3n) is 2.13. The SMILES string of the molecule is [Si]OCN1CC1c1ccccc1. The fourth-order valence-corrected chi connectivity index (χ4v) is 1.56. The second-order valence-corrected chi connectivity index (χ2v) is 3.26. The van der Waals surface area contributed by atoms with Crippen LogP contribution in [0.3, 0.4) is 0 Å². The quantitative estimate of drug-likeness (QED) is 0.505. The predicted molar refractivity (Wildman–Crippen MR) is 47.6 cm³/mol. The van der Waals surface area contributed by atoms with Crippen LogP contribution in [0.4, 0.5) is 0 Å². The van der Waals surface area contributed by atoms with E-state index in [9.17, 15) is 0 Å². The molecule has 0 aromatic heterocycles. The summed E-state index contributed by atoms with van der Waals surface area (Å²) in [5.41, 5.74) is 1.38. The zero-order chi connectivity index (χ0) is 8.39. The van der Waals surface area contributed by atoms with Crippen molar-refractivity contribution >= 4 is 10.5 Å². The van der Waals surface area contributed by atoms with E-state index in [0.717, 1.165) is 6.54 Å².